The number of rotatable bonds is 4. The molecule has 5 nitrogen and oxygen atoms in total. The van der Waals surface area contributed by atoms with Gasteiger partial charge in [0.1, 0.15) is 5.01 Å². The van der Waals surface area contributed by atoms with E-state index in [0.29, 0.717) is 17.6 Å². The fourth-order valence-corrected chi connectivity index (χ4v) is 4.00. The van der Waals surface area contributed by atoms with Crippen LogP contribution in [0.3, 0.4) is 0 Å². The summed E-state index contributed by atoms with van der Waals surface area (Å²) in [7, 11) is 0. The van der Waals surface area contributed by atoms with Crippen LogP contribution >= 0.6 is 11.3 Å². The predicted molar refractivity (Wildman–Crippen MR) is 105 cm³/mol. The lowest BCUT2D eigenvalue weighted by molar-refractivity contribution is 0.102. The standard InChI is InChI=1S/C20H20N4OS/c1-14-11-12-15-7-5-6-10-17(15)24(14)13-18-22-23-20(26-18)19(25)21-16-8-3-2-4-9-16/h2-10,14H,11-13H2,1H3,(H,21,25). The van der Waals surface area contributed by atoms with E-state index in [9.17, 15) is 4.79 Å². The second-order valence-electron chi connectivity index (χ2n) is 6.47. The number of amides is 1. The molecular weight excluding hydrogens is 344 g/mol. The highest BCUT2D eigenvalue weighted by atomic mass is 32.1. The van der Waals surface area contributed by atoms with Crippen LogP contribution in [0.5, 0.6) is 0 Å². The molecule has 0 fully saturated rings. The molecule has 6 heteroatoms. The SMILES string of the molecule is CC1CCc2ccccc2N1Cc1nnc(C(=O)Nc2ccccc2)s1. The van der Waals surface area contributed by atoms with Crippen LogP contribution in [0.1, 0.15) is 33.7 Å². The minimum absolute atomic E-state index is 0.216. The summed E-state index contributed by atoms with van der Waals surface area (Å²) in [6.07, 6.45) is 2.23. The Morgan fingerprint density at radius 3 is 2.77 bits per heavy atom. The first kappa shape index (κ1) is 16.7. The average Bonchev–Trinajstić information content (AvgIpc) is 3.14. The number of carbonyl (C=O) groups is 1. The van der Waals surface area contributed by atoms with Crippen molar-refractivity contribution in [2.45, 2.75) is 32.4 Å². The smallest absolute Gasteiger partial charge is 0.286 e. The van der Waals surface area contributed by atoms with Crippen molar-refractivity contribution in [3.05, 3.63) is 70.2 Å². The third-order valence-corrected chi connectivity index (χ3v) is 5.57. The summed E-state index contributed by atoms with van der Waals surface area (Å²) in [5.74, 6) is -0.216. The third-order valence-electron chi connectivity index (χ3n) is 4.66. The molecule has 0 radical (unpaired) electrons. The highest BCUT2D eigenvalue weighted by molar-refractivity contribution is 7.13. The Morgan fingerprint density at radius 2 is 1.92 bits per heavy atom. The molecule has 0 spiro atoms. The highest BCUT2D eigenvalue weighted by Gasteiger charge is 2.24. The normalized spacial score (nSPS) is 16.2. The van der Waals surface area contributed by atoms with Gasteiger partial charge in [-0.15, -0.1) is 10.2 Å². The monoisotopic (exact) mass is 364 g/mol. The number of hydrogen-bond donors (Lipinski definition) is 1. The zero-order chi connectivity index (χ0) is 17.9. The fourth-order valence-electron chi connectivity index (χ4n) is 3.26. The van der Waals surface area contributed by atoms with Crippen LogP contribution in [-0.4, -0.2) is 22.1 Å². The van der Waals surface area contributed by atoms with Crippen molar-refractivity contribution < 1.29 is 4.79 Å². The van der Waals surface area contributed by atoms with Crippen LogP contribution in [0.25, 0.3) is 0 Å². The summed E-state index contributed by atoms with van der Waals surface area (Å²) >= 11 is 1.35. The van der Waals surface area contributed by atoms with Crippen molar-refractivity contribution in [1.29, 1.82) is 0 Å². The molecular formula is C20H20N4OS. The number of para-hydroxylation sites is 2. The Bertz CT molecular complexity index is 909. The number of fused-ring (bicyclic) bond motifs is 1. The molecule has 0 saturated carbocycles. The van der Waals surface area contributed by atoms with E-state index in [1.165, 1.54) is 22.6 Å². The average molecular weight is 364 g/mol. The molecule has 1 amide bonds. The summed E-state index contributed by atoms with van der Waals surface area (Å²) < 4.78 is 0. The lowest BCUT2D eigenvalue weighted by Gasteiger charge is -2.36. The third kappa shape index (κ3) is 3.46. The van der Waals surface area contributed by atoms with E-state index in [-0.39, 0.29) is 5.91 Å². The van der Waals surface area contributed by atoms with Gasteiger partial charge in [-0.1, -0.05) is 47.7 Å². The van der Waals surface area contributed by atoms with Gasteiger partial charge in [0, 0.05) is 17.4 Å². The molecule has 1 N–H and O–H groups in total. The molecule has 4 rings (SSSR count). The molecule has 26 heavy (non-hydrogen) atoms. The van der Waals surface area contributed by atoms with Crippen molar-refractivity contribution in [3.63, 3.8) is 0 Å². The fraction of sp³-hybridized carbons (Fsp3) is 0.250. The van der Waals surface area contributed by atoms with E-state index in [1.54, 1.807) is 0 Å². The maximum absolute atomic E-state index is 12.4. The Balaban J connectivity index is 1.49. The second-order valence-corrected chi connectivity index (χ2v) is 7.53. The van der Waals surface area contributed by atoms with Gasteiger partial charge in [-0.25, -0.2) is 0 Å². The van der Waals surface area contributed by atoms with Gasteiger partial charge in [-0.2, -0.15) is 0 Å². The van der Waals surface area contributed by atoms with Crippen molar-refractivity contribution in [1.82, 2.24) is 10.2 Å². The first-order valence-corrected chi connectivity index (χ1v) is 9.55. The first-order chi connectivity index (χ1) is 12.7. The Labute approximate surface area is 156 Å². The number of nitrogens with zero attached hydrogens (tertiary/aromatic N) is 3. The summed E-state index contributed by atoms with van der Waals surface area (Å²) in [6, 6.07) is 18.3. The van der Waals surface area contributed by atoms with Crippen LogP contribution in [-0.2, 0) is 13.0 Å². The van der Waals surface area contributed by atoms with E-state index in [2.05, 4.69) is 51.6 Å². The summed E-state index contributed by atoms with van der Waals surface area (Å²) in [5, 5.41) is 12.4. The number of aryl methyl sites for hydroxylation is 1. The molecule has 0 aliphatic carbocycles. The Morgan fingerprint density at radius 1 is 1.15 bits per heavy atom. The molecule has 3 aromatic rings. The number of anilines is 2. The predicted octanol–water partition coefficient (Wildman–Crippen LogP) is 4.13. The molecule has 132 valence electrons. The quantitative estimate of drug-likeness (QED) is 0.756. The summed E-state index contributed by atoms with van der Waals surface area (Å²) in [6.45, 7) is 2.91. The zero-order valence-electron chi connectivity index (χ0n) is 14.6. The molecule has 1 aliphatic heterocycles. The molecule has 2 aromatic carbocycles. The number of hydrogen-bond acceptors (Lipinski definition) is 5. The molecule has 1 atom stereocenters. The number of nitrogens with one attached hydrogen (secondary N) is 1. The van der Waals surface area contributed by atoms with E-state index < -0.39 is 0 Å². The van der Waals surface area contributed by atoms with Crippen molar-refractivity contribution in [2.24, 2.45) is 0 Å². The van der Waals surface area contributed by atoms with E-state index in [1.807, 2.05) is 30.3 Å². The van der Waals surface area contributed by atoms with Gasteiger partial charge < -0.3 is 10.2 Å². The van der Waals surface area contributed by atoms with Crippen molar-refractivity contribution >= 4 is 28.6 Å². The van der Waals surface area contributed by atoms with Crippen LogP contribution in [0.2, 0.25) is 0 Å². The summed E-state index contributed by atoms with van der Waals surface area (Å²) in [4.78, 5) is 14.7. The number of carbonyl (C=O) groups excluding carboxylic acids is 1. The Hall–Kier alpha value is -2.73. The largest absolute Gasteiger partial charge is 0.362 e. The van der Waals surface area contributed by atoms with E-state index in [4.69, 9.17) is 0 Å². The van der Waals surface area contributed by atoms with E-state index >= 15 is 0 Å². The number of benzene rings is 2. The van der Waals surface area contributed by atoms with Crippen molar-refractivity contribution in [3.8, 4) is 0 Å². The van der Waals surface area contributed by atoms with Crippen LogP contribution in [0, 0.1) is 0 Å². The molecule has 0 saturated heterocycles. The lowest BCUT2D eigenvalue weighted by atomic mass is 9.97. The van der Waals surface area contributed by atoms with Crippen molar-refractivity contribution in [2.75, 3.05) is 10.2 Å². The Kier molecular flexibility index (Phi) is 4.67. The number of aromatic nitrogens is 2. The maximum Gasteiger partial charge on any atom is 0.286 e. The van der Waals surface area contributed by atoms with Gasteiger partial charge in [-0.3, -0.25) is 4.79 Å². The first-order valence-electron chi connectivity index (χ1n) is 8.74. The van der Waals surface area contributed by atoms with Gasteiger partial charge in [0.25, 0.3) is 5.91 Å². The highest BCUT2D eigenvalue weighted by Crippen LogP contribution is 2.32. The molecule has 2 heterocycles. The van der Waals surface area contributed by atoms with E-state index in [0.717, 1.165) is 23.5 Å². The topological polar surface area (TPSA) is 58.1 Å². The van der Waals surface area contributed by atoms with Gasteiger partial charge in [0.2, 0.25) is 5.01 Å². The van der Waals surface area contributed by atoms with Gasteiger partial charge in [-0.05, 0) is 43.5 Å². The molecule has 1 aromatic heterocycles. The lowest BCUT2D eigenvalue weighted by Crippen LogP contribution is -2.36. The zero-order valence-corrected chi connectivity index (χ0v) is 15.4. The molecule has 1 aliphatic rings. The van der Waals surface area contributed by atoms with Crippen LogP contribution in [0.15, 0.2) is 54.6 Å². The maximum atomic E-state index is 12.4. The van der Waals surface area contributed by atoms with Crippen LogP contribution < -0.4 is 10.2 Å². The second kappa shape index (κ2) is 7.25. The van der Waals surface area contributed by atoms with Gasteiger partial charge >= 0.3 is 0 Å². The summed E-state index contributed by atoms with van der Waals surface area (Å²) in [5.41, 5.74) is 3.39. The van der Waals surface area contributed by atoms with Crippen LogP contribution in [0.4, 0.5) is 11.4 Å². The molecule has 1 unspecified atom stereocenters. The minimum Gasteiger partial charge on any atom is -0.362 e. The van der Waals surface area contributed by atoms with Gasteiger partial charge in [0.15, 0.2) is 0 Å². The van der Waals surface area contributed by atoms with Gasteiger partial charge in [0.05, 0.1) is 6.54 Å². The molecule has 0 bridgehead atoms. The minimum atomic E-state index is -0.216.